The first kappa shape index (κ1) is 28.2. The minimum atomic E-state index is -0.896. The van der Waals surface area contributed by atoms with Crippen LogP contribution in [0.2, 0.25) is 5.02 Å². The number of hydrogen-bond acceptors (Lipinski definition) is 6. The van der Waals surface area contributed by atoms with Gasteiger partial charge in [0.05, 0.1) is 28.8 Å². The number of aliphatic carboxylic acids is 1. The first-order valence-corrected chi connectivity index (χ1v) is 14.3. The van der Waals surface area contributed by atoms with Gasteiger partial charge in [0, 0.05) is 55.6 Å². The lowest BCUT2D eigenvalue weighted by Crippen LogP contribution is -2.41. The van der Waals surface area contributed by atoms with E-state index in [0.29, 0.717) is 53.6 Å². The Labute approximate surface area is 239 Å². The van der Waals surface area contributed by atoms with E-state index in [1.165, 1.54) is 11.9 Å². The van der Waals surface area contributed by atoms with Gasteiger partial charge in [-0.1, -0.05) is 24.1 Å². The van der Waals surface area contributed by atoms with Crippen molar-refractivity contribution in [3.63, 3.8) is 0 Å². The molecule has 9 nitrogen and oxygen atoms in total. The molecule has 40 heavy (non-hydrogen) atoms. The van der Waals surface area contributed by atoms with Crippen LogP contribution in [-0.4, -0.2) is 75.4 Å². The maximum atomic E-state index is 13.7. The van der Waals surface area contributed by atoms with E-state index >= 15 is 0 Å². The lowest BCUT2D eigenvalue weighted by Gasteiger charge is -2.29. The second kappa shape index (κ2) is 11.7. The van der Waals surface area contributed by atoms with Crippen molar-refractivity contribution < 1.29 is 19.5 Å². The van der Waals surface area contributed by atoms with Crippen LogP contribution >= 0.6 is 11.6 Å². The van der Waals surface area contributed by atoms with E-state index in [9.17, 15) is 19.5 Å². The fourth-order valence-corrected chi connectivity index (χ4v) is 6.55. The molecule has 2 fully saturated rings. The van der Waals surface area contributed by atoms with Gasteiger partial charge >= 0.3 is 5.97 Å². The summed E-state index contributed by atoms with van der Waals surface area (Å²) in [6.07, 6.45) is 6.08. The summed E-state index contributed by atoms with van der Waals surface area (Å²) in [5.74, 6) is -1.94. The van der Waals surface area contributed by atoms with E-state index in [2.05, 4.69) is 14.9 Å². The highest BCUT2D eigenvalue weighted by Crippen LogP contribution is 2.36. The maximum Gasteiger partial charge on any atom is 0.307 e. The van der Waals surface area contributed by atoms with Gasteiger partial charge in [-0.3, -0.25) is 19.3 Å². The summed E-state index contributed by atoms with van der Waals surface area (Å²) >= 11 is 6.40. The van der Waals surface area contributed by atoms with E-state index < -0.39 is 17.8 Å². The fraction of sp³-hybridized carbons (Fsp3) is 0.500. The number of carboxylic acids is 1. The molecular weight excluding hydrogens is 530 g/mol. The number of likely N-dealkylation sites (tertiary alicyclic amines) is 1. The largest absolute Gasteiger partial charge is 0.481 e. The van der Waals surface area contributed by atoms with Crippen molar-refractivity contribution in [2.45, 2.75) is 46.5 Å². The summed E-state index contributed by atoms with van der Waals surface area (Å²) in [6, 6.07) is 5.59. The molecular formula is C30H36ClN5O4. The number of halogens is 1. The van der Waals surface area contributed by atoms with Gasteiger partial charge in [0.2, 0.25) is 5.91 Å². The highest BCUT2D eigenvalue weighted by molar-refractivity contribution is 6.31. The summed E-state index contributed by atoms with van der Waals surface area (Å²) in [7, 11) is 0. The SMILES string of the molecule is Cc1ccc(N(CCCN2CC3=CN(C(=O)c4c(C)ncnc4C)CC3C2)C(=O)[C@H]2CCC[C@H]2C(=O)O)cc1Cl. The molecule has 1 unspecified atom stereocenters. The van der Waals surface area contributed by atoms with E-state index in [1.807, 2.05) is 39.1 Å². The van der Waals surface area contributed by atoms with Crippen molar-refractivity contribution in [3.05, 3.63) is 63.8 Å². The number of aryl methyl sites for hydroxylation is 3. The molecule has 0 bridgehead atoms. The number of carboxylic acid groups (broad SMARTS) is 1. The highest BCUT2D eigenvalue weighted by atomic mass is 35.5. The number of nitrogens with zero attached hydrogens (tertiary/aromatic N) is 5. The average Bonchev–Trinajstić information content (AvgIpc) is 3.63. The van der Waals surface area contributed by atoms with Crippen molar-refractivity contribution >= 4 is 35.1 Å². The molecule has 1 aromatic carbocycles. The number of amides is 2. The van der Waals surface area contributed by atoms with Crippen LogP contribution in [0.25, 0.3) is 0 Å². The smallest absolute Gasteiger partial charge is 0.307 e. The number of hydrogen-bond donors (Lipinski definition) is 1. The molecule has 3 heterocycles. The molecule has 1 N–H and O–H groups in total. The fourth-order valence-electron chi connectivity index (χ4n) is 6.37. The van der Waals surface area contributed by atoms with Crippen LogP contribution < -0.4 is 4.90 Å². The number of aromatic nitrogens is 2. The first-order chi connectivity index (χ1) is 19.1. The highest BCUT2D eigenvalue weighted by Gasteiger charge is 2.40. The zero-order chi connectivity index (χ0) is 28.6. The Balaban J connectivity index is 1.23. The molecule has 2 aliphatic heterocycles. The molecule has 0 radical (unpaired) electrons. The predicted octanol–water partition coefficient (Wildman–Crippen LogP) is 4.25. The van der Waals surface area contributed by atoms with Crippen LogP contribution in [0.3, 0.4) is 0 Å². The molecule has 3 atom stereocenters. The van der Waals surface area contributed by atoms with Gasteiger partial charge in [-0.05, 0) is 63.3 Å². The Morgan fingerprint density at radius 2 is 1.80 bits per heavy atom. The number of benzene rings is 1. The standard InChI is InChI=1S/C30H36ClN5O4/c1-18-8-9-23(12-26(18)31)36(28(37)24-6-4-7-25(24)30(39)40)11-5-10-34-13-21-15-35(16-22(21)14-34)29(38)27-19(2)32-17-33-20(27)3/h8-9,12,15,17,22,24-25H,4-7,10-11,13-14,16H2,1-3H3,(H,39,40)/t22?,24-,25+/m0/s1. The van der Waals surface area contributed by atoms with Gasteiger partial charge in [-0.2, -0.15) is 0 Å². The zero-order valence-corrected chi connectivity index (χ0v) is 24.0. The van der Waals surface area contributed by atoms with E-state index in [0.717, 1.165) is 38.0 Å². The molecule has 3 aliphatic rings. The summed E-state index contributed by atoms with van der Waals surface area (Å²) in [5, 5.41) is 10.3. The molecule has 1 saturated heterocycles. The van der Waals surface area contributed by atoms with Crippen molar-refractivity contribution in [2.24, 2.45) is 17.8 Å². The van der Waals surface area contributed by atoms with Crippen LogP contribution in [0.4, 0.5) is 5.69 Å². The predicted molar refractivity (Wildman–Crippen MR) is 152 cm³/mol. The van der Waals surface area contributed by atoms with E-state index in [-0.39, 0.29) is 17.7 Å². The Hall–Kier alpha value is -3.30. The van der Waals surface area contributed by atoms with Crippen molar-refractivity contribution in [3.8, 4) is 0 Å². The molecule has 2 amide bonds. The van der Waals surface area contributed by atoms with Gasteiger partial charge in [-0.25, -0.2) is 9.97 Å². The molecule has 10 heteroatoms. The molecule has 0 spiro atoms. The third-order valence-corrected chi connectivity index (χ3v) is 9.00. The van der Waals surface area contributed by atoms with Crippen LogP contribution in [-0.2, 0) is 9.59 Å². The second-order valence-corrected chi connectivity index (χ2v) is 11.7. The normalized spacial score (nSPS) is 22.4. The topological polar surface area (TPSA) is 107 Å². The van der Waals surface area contributed by atoms with E-state index in [4.69, 9.17) is 11.6 Å². The molecule has 1 aromatic heterocycles. The van der Waals surface area contributed by atoms with Crippen LogP contribution in [0.5, 0.6) is 0 Å². The lowest BCUT2D eigenvalue weighted by atomic mass is 9.94. The summed E-state index contributed by atoms with van der Waals surface area (Å²) in [4.78, 5) is 52.9. The number of fused-ring (bicyclic) bond motifs is 1. The molecule has 212 valence electrons. The second-order valence-electron chi connectivity index (χ2n) is 11.3. The van der Waals surface area contributed by atoms with Gasteiger partial charge in [0.15, 0.2) is 0 Å². The molecule has 5 rings (SSSR count). The third-order valence-electron chi connectivity index (χ3n) is 8.59. The van der Waals surface area contributed by atoms with Crippen molar-refractivity contribution in [1.29, 1.82) is 0 Å². The molecule has 1 saturated carbocycles. The Kier molecular flexibility index (Phi) is 8.24. The minimum absolute atomic E-state index is 0.0541. The quantitative estimate of drug-likeness (QED) is 0.510. The zero-order valence-electron chi connectivity index (χ0n) is 23.3. The lowest BCUT2D eigenvalue weighted by molar-refractivity contribution is -0.145. The third kappa shape index (κ3) is 5.63. The first-order valence-electron chi connectivity index (χ1n) is 14.0. The van der Waals surface area contributed by atoms with Crippen molar-refractivity contribution in [2.75, 3.05) is 37.6 Å². The summed E-state index contributed by atoms with van der Waals surface area (Å²) in [6.45, 7) is 9.14. The Morgan fingerprint density at radius 1 is 1.07 bits per heavy atom. The van der Waals surface area contributed by atoms with Gasteiger partial charge in [-0.15, -0.1) is 0 Å². The maximum absolute atomic E-state index is 13.7. The Morgan fingerprint density at radius 3 is 2.48 bits per heavy atom. The van der Waals surface area contributed by atoms with Gasteiger partial charge in [0.25, 0.3) is 5.91 Å². The van der Waals surface area contributed by atoms with Gasteiger partial charge in [0.1, 0.15) is 6.33 Å². The summed E-state index contributed by atoms with van der Waals surface area (Å²) in [5.41, 5.74) is 4.84. The molecule has 2 aromatic rings. The summed E-state index contributed by atoms with van der Waals surface area (Å²) < 4.78 is 0. The van der Waals surface area contributed by atoms with Crippen LogP contribution in [0, 0.1) is 38.5 Å². The Bertz CT molecular complexity index is 1340. The number of rotatable bonds is 8. The average molecular weight is 566 g/mol. The van der Waals surface area contributed by atoms with E-state index in [1.54, 1.807) is 15.9 Å². The van der Waals surface area contributed by atoms with Crippen LogP contribution in [0.1, 0.15) is 53.0 Å². The number of carbonyl (C=O) groups is 3. The molecule has 1 aliphatic carbocycles. The number of anilines is 1. The van der Waals surface area contributed by atoms with Crippen LogP contribution in [0.15, 0.2) is 36.3 Å². The van der Waals surface area contributed by atoms with Gasteiger partial charge < -0.3 is 14.9 Å². The minimum Gasteiger partial charge on any atom is -0.481 e. The van der Waals surface area contributed by atoms with Crippen molar-refractivity contribution in [1.82, 2.24) is 19.8 Å². The monoisotopic (exact) mass is 565 g/mol. The number of carbonyl (C=O) groups excluding carboxylic acids is 2.